The normalized spacial score (nSPS) is 10.3. The zero-order valence-electron chi connectivity index (χ0n) is 11.3. The quantitative estimate of drug-likeness (QED) is 0.839. The van der Waals surface area contributed by atoms with Gasteiger partial charge in [-0.25, -0.2) is 0 Å². The first-order valence-electron chi connectivity index (χ1n) is 5.98. The number of aryl methyl sites for hydroxylation is 1. The lowest BCUT2D eigenvalue weighted by Crippen LogP contribution is -2.27. The van der Waals surface area contributed by atoms with Gasteiger partial charge >= 0.3 is 0 Å². The van der Waals surface area contributed by atoms with Gasteiger partial charge in [0, 0.05) is 25.9 Å². The van der Waals surface area contributed by atoms with Crippen LogP contribution in [0.4, 0.5) is 0 Å². The standard InChI is InChI=1S/C14H17N3O2/c1-16(10-12-8-9-15-17(12)2)14(18)11-4-6-13(19-3)7-5-11/h4-9H,10H2,1-3H3. The van der Waals surface area contributed by atoms with Crippen molar-refractivity contribution in [2.75, 3.05) is 14.2 Å². The Kier molecular flexibility index (Phi) is 3.85. The second-order valence-corrected chi connectivity index (χ2v) is 4.34. The Morgan fingerprint density at radius 3 is 2.53 bits per heavy atom. The van der Waals surface area contributed by atoms with Gasteiger partial charge in [-0.2, -0.15) is 5.10 Å². The van der Waals surface area contributed by atoms with Gasteiger partial charge in [0.1, 0.15) is 5.75 Å². The van der Waals surface area contributed by atoms with Crippen LogP contribution in [0.3, 0.4) is 0 Å². The van der Waals surface area contributed by atoms with E-state index in [1.165, 1.54) is 0 Å². The molecule has 1 aromatic heterocycles. The van der Waals surface area contributed by atoms with Gasteiger partial charge in [0.2, 0.25) is 0 Å². The summed E-state index contributed by atoms with van der Waals surface area (Å²) in [6.45, 7) is 0.529. The van der Waals surface area contributed by atoms with Crippen molar-refractivity contribution in [1.82, 2.24) is 14.7 Å². The van der Waals surface area contributed by atoms with Crippen LogP contribution in [0.25, 0.3) is 0 Å². The summed E-state index contributed by atoms with van der Waals surface area (Å²) in [7, 11) is 5.24. The minimum absolute atomic E-state index is 0.0242. The predicted octanol–water partition coefficient (Wildman–Crippen LogP) is 1.70. The summed E-state index contributed by atoms with van der Waals surface area (Å²) in [4.78, 5) is 13.9. The fraction of sp³-hybridized carbons (Fsp3) is 0.286. The number of amides is 1. The van der Waals surface area contributed by atoms with Crippen LogP contribution in [0.5, 0.6) is 5.75 Å². The highest BCUT2D eigenvalue weighted by Crippen LogP contribution is 2.13. The first kappa shape index (κ1) is 13.1. The smallest absolute Gasteiger partial charge is 0.253 e. The molecule has 0 atom stereocenters. The molecule has 0 aliphatic carbocycles. The second-order valence-electron chi connectivity index (χ2n) is 4.34. The third kappa shape index (κ3) is 2.93. The third-order valence-corrected chi connectivity index (χ3v) is 3.01. The summed E-state index contributed by atoms with van der Waals surface area (Å²) in [5, 5.41) is 4.09. The summed E-state index contributed by atoms with van der Waals surface area (Å²) in [6, 6.07) is 9.00. The van der Waals surface area contributed by atoms with E-state index in [4.69, 9.17) is 4.74 Å². The minimum atomic E-state index is -0.0242. The number of ether oxygens (including phenoxy) is 1. The molecule has 1 heterocycles. The number of benzene rings is 1. The Balaban J connectivity index is 2.08. The molecule has 0 radical (unpaired) electrons. The first-order valence-corrected chi connectivity index (χ1v) is 5.98. The van der Waals surface area contributed by atoms with Gasteiger partial charge in [-0.3, -0.25) is 9.48 Å². The van der Waals surface area contributed by atoms with Gasteiger partial charge in [-0.15, -0.1) is 0 Å². The van der Waals surface area contributed by atoms with E-state index in [0.717, 1.165) is 11.4 Å². The van der Waals surface area contributed by atoms with E-state index in [2.05, 4.69) is 5.10 Å². The maximum absolute atomic E-state index is 12.2. The van der Waals surface area contributed by atoms with Crippen LogP contribution in [0, 0.1) is 0 Å². The Bertz CT molecular complexity index is 560. The molecule has 5 heteroatoms. The molecule has 1 amide bonds. The number of methoxy groups -OCH3 is 1. The monoisotopic (exact) mass is 259 g/mol. The van der Waals surface area contributed by atoms with E-state index < -0.39 is 0 Å². The summed E-state index contributed by atoms with van der Waals surface area (Å²) < 4.78 is 6.84. The van der Waals surface area contributed by atoms with E-state index in [9.17, 15) is 4.79 Å². The molecule has 0 fully saturated rings. The van der Waals surface area contributed by atoms with Crippen molar-refractivity contribution in [2.24, 2.45) is 7.05 Å². The van der Waals surface area contributed by atoms with Crippen molar-refractivity contribution in [3.05, 3.63) is 47.8 Å². The fourth-order valence-corrected chi connectivity index (χ4v) is 1.83. The number of rotatable bonds is 4. The van der Waals surface area contributed by atoms with Crippen molar-refractivity contribution in [2.45, 2.75) is 6.54 Å². The molecule has 0 N–H and O–H groups in total. The second kappa shape index (κ2) is 5.56. The molecule has 0 unspecified atom stereocenters. The van der Waals surface area contributed by atoms with E-state index in [-0.39, 0.29) is 5.91 Å². The highest BCUT2D eigenvalue weighted by molar-refractivity contribution is 5.94. The SMILES string of the molecule is COc1ccc(C(=O)N(C)Cc2ccnn2C)cc1. The lowest BCUT2D eigenvalue weighted by molar-refractivity contribution is 0.0782. The summed E-state index contributed by atoms with van der Waals surface area (Å²) in [5.74, 6) is 0.717. The molecule has 0 aliphatic heterocycles. The molecule has 19 heavy (non-hydrogen) atoms. The Hall–Kier alpha value is -2.30. The number of aromatic nitrogens is 2. The average molecular weight is 259 g/mol. The maximum Gasteiger partial charge on any atom is 0.253 e. The number of hydrogen-bond acceptors (Lipinski definition) is 3. The fourth-order valence-electron chi connectivity index (χ4n) is 1.83. The van der Waals surface area contributed by atoms with Gasteiger partial charge in [0.15, 0.2) is 0 Å². The van der Waals surface area contributed by atoms with E-state index in [1.54, 1.807) is 54.2 Å². The van der Waals surface area contributed by atoms with E-state index >= 15 is 0 Å². The molecule has 0 bridgehead atoms. The lowest BCUT2D eigenvalue weighted by atomic mass is 10.2. The molecule has 100 valence electrons. The highest BCUT2D eigenvalue weighted by atomic mass is 16.5. The molecule has 0 aliphatic rings. The molecule has 2 aromatic rings. The Labute approximate surface area is 112 Å². The Morgan fingerprint density at radius 2 is 2.00 bits per heavy atom. The molecule has 0 saturated carbocycles. The van der Waals surface area contributed by atoms with Gasteiger partial charge in [0.25, 0.3) is 5.91 Å². The lowest BCUT2D eigenvalue weighted by Gasteiger charge is -2.17. The van der Waals surface area contributed by atoms with Crippen molar-refractivity contribution in [1.29, 1.82) is 0 Å². The van der Waals surface area contributed by atoms with Gasteiger partial charge in [-0.1, -0.05) is 0 Å². The van der Waals surface area contributed by atoms with Crippen molar-refractivity contribution >= 4 is 5.91 Å². The molecular weight excluding hydrogens is 242 g/mol. The topological polar surface area (TPSA) is 47.4 Å². The van der Waals surface area contributed by atoms with Crippen LogP contribution >= 0.6 is 0 Å². The van der Waals surface area contributed by atoms with Crippen molar-refractivity contribution in [3.63, 3.8) is 0 Å². The molecule has 0 spiro atoms. The molecule has 0 saturated heterocycles. The third-order valence-electron chi connectivity index (χ3n) is 3.01. The molecular formula is C14H17N3O2. The largest absolute Gasteiger partial charge is 0.497 e. The highest BCUT2D eigenvalue weighted by Gasteiger charge is 2.13. The number of carbonyl (C=O) groups is 1. The van der Waals surface area contributed by atoms with E-state index in [1.807, 2.05) is 13.1 Å². The number of hydrogen-bond donors (Lipinski definition) is 0. The van der Waals surface area contributed by atoms with E-state index in [0.29, 0.717) is 12.1 Å². The van der Waals surface area contributed by atoms with Gasteiger partial charge in [0.05, 0.1) is 19.3 Å². The average Bonchev–Trinajstić information content (AvgIpc) is 2.83. The van der Waals surface area contributed by atoms with Gasteiger partial charge < -0.3 is 9.64 Å². The zero-order chi connectivity index (χ0) is 13.8. The number of carbonyl (C=O) groups excluding carboxylic acids is 1. The molecule has 5 nitrogen and oxygen atoms in total. The van der Waals surface area contributed by atoms with Crippen molar-refractivity contribution < 1.29 is 9.53 Å². The van der Waals surface area contributed by atoms with Crippen LogP contribution in [0.2, 0.25) is 0 Å². The summed E-state index contributed by atoms with van der Waals surface area (Å²) >= 11 is 0. The van der Waals surface area contributed by atoms with Crippen LogP contribution in [-0.2, 0) is 13.6 Å². The van der Waals surface area contributed by atoms with Crippen LogP contribution in [-0.4, -0.2) is 34.7 Å². The van der Waals surface area contributed by atoms with Crippen LogP contribution < -0.4 is 4.74 Å². The van der Waals surface area contributed by atoms with Crippen LogP contribution in [0.15, 0.2) is 36.5 Å². The summed E-state index contributed by atoms with van der Waals surface area (Å²) in [5.41, 5.74) is 1.63. The number of nitrogens with zero attached hydrogens (tertiary/aromatic N) is 3. The minimum Gasteiger partial charge on any atom is -0.497 e. The van der Waals surface area contributed by atoms with Crippen LogP contribution in [0.1, 0.15) is 16.1 Å². The molecule has 1 aromatic carbocycles. The first-order chi connectivity index (χ1) is 9.11. The maximum atomic E-state index is 12.2. The Morgan fingerprint density at radius 1 is 1.32 bits per heavy atom. The van der Waals surface area contributed by atoms with Gasteiger partial charge in [-0.05, 0) is 30.3 Å². The van der Waals surface area contributed by atoms with Crippen molar-refractivity contribution in [3.8, 4) is 5.75 Å². The predicted molar refractivity (Wildman–Crippen MR) is 72.0 cm³/mol. The molecule has 2 rings (SSSR count). The summed E-state index contributed by atoms with van der Waals surface area (Å²) in [6.07, 6.45) is 1.72. The zero-order valence-corrected chi connectivity index (χ0v) is 11.3.